The summed E-state index contributed by atoms with van der Waals surface area (Å²) < 4.78 is 0. The molecule has 0 heterocycles. The number of hydrogen-bond donors (Lipinski definition) is 1. The molecule has 1 aromatic rings. The molecule has 1 atom stereocenters. The highest BCUT2D eigenvalue weighted by atomic mass is 35.5. The summed E-state index contributed by atoms with van der Waals surface area (Å²) in [7, 11) is 0. The second kappa shape index (κ2) is 5.35. The SMILES string of the molecule is CCC(C)(CCc1ccc(Cl)cc1)C(=O)O. The van der Waals surface area contributed by atoms with Crippen molar-refractivity contribution >= 4 is 17.6 Å². The van der Waals surface area contributed by atoms with E-state index < -0.39 is 11.4 Å². The highest BCUT2D eigenvalue weighted by Gasteiger charge is 2.30. The molecule has 1 N–H and O–H groups in total. The Bertz CT molecular complexity index is 359. The van der Waals surface area contributed by atoms with E-state index in [1.807, 2.05) is 31.2 Å². The first-order valence-corrected chi connectivity index (χ1v) is 5.83. The van der Waals surface area contributed by atoms with Crippen LogP contribution in [0.4, 0.5) is 0 Å². The standard InChI is InChI=1S/C13H17ClO2/c1-3-13(2,12(15)16)9-8-10-4-6-11(14)7-5-10/h4-7H,3,8-9H2,1-2H3,(H,15,16). The molecular weight excluding hydrogens is 224 g/mol. The molecule has 0 saturated heterocycles. The zero-order chi connectivity index (χ0) is 12.2. The van der Waals surface area contributed by atoms with Crippen LogP contribution < -0.4 is 0 Å². The predicted molar refractivity (Wildman–Crippen MR) is 65.8 cm³/mol. The number of carboxylic acid groups (broad SMARTS) is 1. The van der Waals surface area contributed by atoms with Gasteiger partial charge in [0.25, 0.3) is 0 Å². The van der Waals surface area contributed by atoms with E-state index in [1.165, 1.54) is 0 Å². The van der Waals surface area contributed by atoms with Crippen molar-refractivity contribution in [2.75, 3.05) is 0 Å². The van der Waals surface area contributed by atoms with Crippen LogP contribution in [-0.4, -0.2) is 11.1 Å². The summed E-state index contributed by atoms with van der Waals surface area (Å²) in [6, 6.07) is 7.56. The lowest BCUT2D eigenvalue weighted by atomic mass is 9.82. The molecule has 0 amide bonds. The zero-order valence-electron chi connectivity index (χ0n) is 9.66. The fraction of sp³-hybridized carbons (Fsp3) is 0.462. The van der Waals surface area contributed by atoms with Crippen LogP contribution in [-0.2, 0) is 11.2 Å². The fourth-order valence-corrected chi connectivity index (χ4v) is 1.63. The minimum atomic E-state index is -0.719. The summed E-state index contributed by atoms with van der Waals surface area (Å²) in [6.45, 7) is 3.71. The molecule has 1 aromatic carbocycles. The summed E-state index contributed by atoms with van der Waals surface area (Å²) in [5, 5.41) is 9.84. The Kier molecular flexibility index (Phi) is 4.36. The Morgan fingerprint density at radius 3 is 2.38 bits per heavy atom. The van der Waals surface area contributed by atoms with Crippen LogP contribution in [0.5, 0.6) is 0 Å². The lowest BCUT2D eigenvalue weighted by Crippen LogP contribution is -2.27. The van der Waals surface area contributed by atoms with Gasteiger partial charge in [0.05, 0.1) is 5.41 Å². The number of aliphatic carboxylic acids is 1. The maximum Gasteiger partial charge on any atom is 0.309 e. The van der Waals surface area contributed by atoms with Gasteiger partial charge in [0.2, 0.25) is 0 Å². The van der Waals surface area contributed by atoms with Crippen LogP contribution in [0.15, 0.2) is 24.3 Å². The minimum Gasteiger partial charge on any atom is -0.481 e. The van der Waals surface area contributed by atoms with Gasteiger partial charge < -0.3 is 5.11 Å². The van der Waals surface area contributed by atoms with Gasteiger partial charge in [0.15, 0.2) is 0 Å². The van der Waals surface area contributed by atoms with E-state index in [4.69, 9.17) is 16.7 Å². The van der Waals surface area contributed by atoms with E-state index in [2.05, 4.69) is 0 Å². The highest BCUT2D eigenvalue weighted by molar-refractivity contribution is 6.30. The highest BCUT2D eigenvalue weighted by Crippen LogP contribution is 2.28. The van der Waals surface area contributed by atoms with Crippen molar-refractivity contribution in [3.63, 3.8) is 0 Å². The lowest BCUT2D eigenvalue weighted by molar-refractivity contribution is -0.148. The van der Waals surface area contributed by atoms with E-state index >= 15 is 0 Å². The van der Waals surface area contributed by atoms with Gasteiger partial charge in [-0.05, 0) is 43.9 Å². The van der Waals surface area contributed by atoms with Crippen LogP contribution in [0.3, 0.4) is 0 Å². The molecule has 0 bridgehead atoms. The van der Waals surface area contributed by atoms with Crippen LogP contribution in [0.2, 0.25) is 5.02 Å². The molecule has 0 radical (unpaired) electrons. The van der Waals surface area contributed by atoms with E-state index in [1.54, 1.807) is 6.92 Å². The van der Waals surface area contributed by atoms with E-state index in [0.29, 0.717) is 17.9 Å². The Morgan fingerprint density at radius 2 is 1.94 bits per heavy atom. The van der Waals surface area contributed by atoms with Crippen LogP contribution >= 0.6 is 11.6 Å². The third-order valence-corrected chi connectivity index (χ3v) is 3.43. The Hall–Kier alpha value is -1.02. The summed E-state index contributed by atoms with van der Waals surface area (Å²) in [6.07, 6.45) is 2.07. The quantitative estimate of drug-likeness (QED) is 0.851. The first kappa shape index (κ1) is 13.0. The largest absolute Gasteiger partial charge is 0.481 e. The molecule has 0 spiro atoms. The summed E-state index contributed by atoms with van der Waals surface area (Å²) in [4.78, 5) is 11.1. The van der Waals surface area contributed by atoms with E-state index in [-0.39, 0.29) is 0 Å². The van der Waals surface area contributed by atoms with Crippen molar-refractivity contribution in [3.8, 4) is 0 Å². The molecule has 0 fully saturated rings. The third kappa shape index (κ3) is 3.24. The number of aryl methyl sites for hydroxylation is 1. The summed E-state index contributed by atoms with van der Waals surface area (Å²) in [5.41, 5.74) is 0.505. The molecule has 2 nitrogen and oxygen atoms in total. The van der Waals surface area contributed by atoms with Gasteiger partial charge in [-0.3, -0.25) is 4.79 Å². The molecule has 3 heteroatoms. The summed E-state index contributed by atoms with van der Waals surface area (Å²) in [5.74, 6) is -0.719. The second-order valence-corrected chi connectivity index (χ2v) is 4.78. The van der Waals surface area contributed by atoms with E-state index in [9.17, 15) is 4.79 Å². The van der Waals surface area contributed by atoms with E-state index in [0.717, 1.165) is 12.0 Å². The number of halogens is 1. The molecule has 1 rings (SSSR count). The Labute approximate surface area is 101 Å². The molecule has 16 heavy (non-hydrogen) atoms. The molecule has 1 unspecified atom stereocenters. The smallest absolute Gasteiger partial charge is 0.309 e. The van der Waals surface area contributed by atoms with Crippen molar-refractivity contribution in [1.29, 1.82) is 0 Å². The zero-order valence-corrected chi connectivity index (χ0v) is 10.4. The molecule has 88 valence electrons. The maximum atomic E-state index is 11.1. The van der Waals surface area contributed by atoms with Gasteiger partial charge in [-0.15, -0.1) is 0 Å². The molecule has 0 aromatic heterocycles. The fourth-order valence-electron chi connectivity index (χ4n) is 1.51. The molecule has 0 aliphatic heterocycles. The van der Waals surface area contributed by atoms with Gasteiger partial charge in [0.1, 0.15) is 0 Å². The van der Waals surface area contributed by atoms with Crippen molar-refractivity contribution in [2.24, 2.45) is 5.41 Å². The second-order valence-electron chi connectivity index (χ2n) is 4.35. The van der Waals surface area contributed by atoms with Gasteiger partial charge in [0, 0.05) is 5.02 Å². The number of carbonyl (C=O) groups is 1. The van der Waals surface area contributed by atoms with Gasteiger partial charge in [-0.25, -0.2) is 0 Å². The number of hydrogen-bond acceptors (Lipinski definition) is 1. The monoisotopic (exact) mass is 240 g/mol. The minimum absolute atomic E-state index is 0.625. The molecule has 0 aliphatic carbocycles. The molecule has 0 aliphatic rings. The first-order chi connectivity index (χ1) is 7.48. The molecule has 0 saturated carbocycles. The first-order valence-electron chi connectivity index (χ1n) is 5.46. The Morgan fingerprint density at radius 1 is 1.38 bits per heavy atom. The van der Waals surface area contributed by atoms with Crippen LogP contribution in [0.1, 0.15) is 32.3 Å². The number of rotatable bonds is 5. The normalized spacial score (nSPS) is 14.4. The summed E-state index contributed by atoms with van der Waals surface area (Å²) >= 11 is 5.79. The molecular formula is C13H17ClO2. The van der Waals surface area contributed by atoms with Crippen molar-refractivity contribution in [1.82, 2.24) is 0 Å². The topological polar surface area (TPSA) is 37.3 Å². The average Bonchev–Trinajstić information content (AvgIpc) is 2.27. The van der Waals surface area contributed by atoms with Crippen LogP contribution in [0.25, 0.3) is 0 Å². The van der Waals surface area contributed by atoms with Crippen molar-refractivity contribution < 1.29 is 9.90 Å². The van der Waals surface area contributed by atoms with Crippen LogP contribution in [0, 0.1) is 5.41 Å². The van der Waals surface area contributed by atoms with Crippen molar-refractivity contribution in [3.05, 3.63) is 34.9 Å². The lowest BCUT2D eigenvalue weighted by Gasteiger charge is -2.22. The Balaban J connectivity index is 2.63. The van der Waals surface area contributed by atoms with Gasteiger partial charge in [-0.2, -0.15) is 0 Å². The average molecular weight is 241 g/mol. The predicted octanol–water partition coefficient (Wildman–Crippen LogP) is 3.77. The number of carboxylic acids is 1. The van der Waals surface area contributed by atoms with Gasteiger partial charge >= 0.3 is 5.97 Å². The third-order valence-electron chi connectivity index (χ3n) is 3.18. The maximum absolute atomic E-state index is 11.1. The number of benzene rings is 1. The van der Waals surface area contributed by atoms with Crippen molar-refractivity contribution in [2.45, 2.75) is 33.1 Å². The van der Waals surface area contributed by atoms with Gasteiger partial charge in [-0.1, -0.05) is 30.7 Å².